The number of amides is 2. The monoisotopic (exact) mass is 237 g/mol. The van der Waals surface area contributed by atoms with Crippen molar-refractivity contribution < 1.29 is 9.59 Å². The van der Waals surface area contributed by atoms with Crippen molar-refractivity contribution in [2.75, 3.05) is 6.54 Å². The molecule has 0 bridgehead atoms. The standard InChI is InChI=1S/C12H19N3O2/c1-8(2)6-14-10(16)9(3)15-11(17)12(7-13)4-5-12/h8-9H,4-6H2,1-3H3,(H,14,16)(H,15,17). The molecule has 0 heterocycles. The van der Waals surface area contributed by atoms with Crippen LogP contribution < -0.4 is 10.6 Å². The molecule has 0 saturated heterocycles. The molecule has 0 aromatic carbocycles. The van der Waals surface area contributed by atoms with Crippen LogP contribution in [0.25, 0.3) is 0 Å². The van der Waals surface area contributed by atoms with Crippen LogP contribution in [0.4, 0.5) is 0 Å². The van der Waals surface area contributed by atoms with Gasteiger partial charge in [-0.25, -0.2) is 0 Å². The van der Waals surface area contributed by atoms with Crippen LogP contribution in [-0.2, 0) is 9.59 Å². The summed E-state index contributed by atoms with van der Waals surface area (Å²) in [5, 5.41) is 14.2. The largest absolute Gasteiger partial charge is 0.354 e. The second-order valence-electron chi connectivity index (χ2n) is 5.03. The lowest BCUT2D eigenvalue weighted by molar-refractivity contribution is -0.130. The number of rotatable bonds is 5. The van der Waals surface area contributed by atoms with Crippen LogP contribution in [0.15, 0.2) is 0 Å². The van der Waals surface area contributed by atoms with E-state index in [1.165, 1.54) is 0 Å². The topological polar surface area (TPSA) is 82.0 Å². The first-order chi connectivity index (χ1) is 7.91. The van der Waals surface area contributed by atoms with Crippen LogP contribution in [0.1, 0.15) is 33.6 Å². The minimum Gasteiger partial charge on any atom is -0.354 e. The zero-order valence-corrected chi connectivity index (χ0v) is 10.5. The molecule has 0 aromatic rings. The highest BCUT2D eigenvalue weighted by atomic mass is 16.2. The van der Waals surface area contributed by atoms with Gasteiger partial charge in [0.2, 0.25) is 11.8 Å². The van der Waals surface area contributed by atoms with Crippen molar-refractivity contribution >= 4 is 11.8 Å². The van der Waals surface area contributed by atoms with Crippen molar-refractivity contribution in [1.82, 2.24) is 10.6 Å². The summed E-state index contributed by atoms with van der Waals surface area (Å²) in [4.78, 5) is 23.3. The molecule has 0 spiro atoms. The first kappa shape index (κ1) is 13.5. The average Bonchev–Trinajstić information content (AvgIpc) is 3.06. The maximum absolute atomic E-state index is 11.7. The number of nitrogens with zero attached hydrogens (tertiary/aromatic N) is 1. The lowest BCUT2D eigenvalue weighted by Crippen LogP contribution is -2.47. The Morgan fingerprint density at radius 1 is 1.35 bits per heavy atom. The number of hydrogen-bond acceptors (Lipinski definition) is 3. The molecule has 5 nitrogen and oxygen atoms in total. The zero-order valence-electron chi connectivity index (χ0n) is 10.5. The van der Waals surface area contributed by atoms with Gasteiger partial charge < -0.3 is 10.6 Å². The third-order valence-electron chi connectivity index (χ3n) is 2.82. The lowest BCUT2D eigenvalue weighted by atomic mass is 10.1. The maximum Gasteiger partial charge on any atom is 0.242 e. The van der Waals surface area contributed by atoms with Crippen LogP contribution in [0.5, 0.6) is 0 Å². The summed E-state index contributed by atoms with van der Waals surface area (Å²) in [5.41, 5.74) is -0.868. The quantitative estimate of drug-likeness (QED) is 0.733. The Hall–Kier alpha value is -1.57. The Morgan fingerprint density at radius 3 is 2.35 bits per heavy atom. The molecule has 94 valence electrons. The molecule has 0 aliphatic heterocycles. The SMILES string of the molecule is CC(C)CNC(=O)C(C)NC(=O)C1(C#N)CC1. The molecule has 5 heteroatoms. The van der Waals surface area contributed by atoms with Crippen LogP contribution in [0.2, 0.25) is 0 Å². The van der Waals surface area contributed by atoms with E-state index in [9.17, 15) is 9.59 Å². The molecular weight excluding hydrogens is 218 g/mol. The van der Waals surface area contributed by atoms with E-state index >= 15 is 0 Å². The number of nitriles is 1. The predicted molar refractivity (Wildman–Crippen MR) is 62.7 cm³/mol. The number of carbonyl (C=O) groups excluding carboxylic acids is 2. The summed E-state index contributed by atoms with van der Waals surface area (Å²) in [5.74, 6) is -0.163. The van der Waals surface area contributed by atoms with Gasteiger partial charge in [-0.15, -0.1) is 0 Å². The van der Waals surface area contributed by atoms with Gasteiger partial charge in [-0.1, -0.05) is 13.8 Å². The van der Waals surface area contributed by atoms with Crippen molar-refractivity contribution in [1.29, 1.82) is 5.26 Å². The van der Waals surface area contributed by atoms with E-state index in [0.29, 0.717) is 25.3 Å². The fraction of sp³-hybridized carbons (Fsp3) is 0.750. The fourth-order valence-electron chi connectivity index (χ4n) is 1.37. The lowest BCUT2D eigenvalue weighted by Gasteiger charge is -2.16. The van der Waals surface area contributed by atoms with E-state index in [-0.39, 0.29) is 11.8 Å². The van der Waals surface area contributed by atoms with Crippen molar-refractivity contribution in [3.05, 3.63) is 0 Å². The van der Waals surface area contributed by atoms with E-state index < -0.39 is 11.5 Å². The van der Waals surface area contributed by atoms with E-state index in [1.807, 2.05) is 19.9 Å². The summed E-state index contributed by atoms with van der Waals surface area (Å²) in [6, 6.07) is 1.41. The summed E-state index contributed by atoms with van der Waals surface area (Å²) < 4.78 is 0. The highest BCUT2D eigenvalue weighted by molar-refractivity contribution is 5.92. The first-order valence-corrected chi connectivity index (χ1v) is 5.91. The molecule has 0 aromatic heterocycles. The highest BCUT2D eigenvalue weighted by Crippen LogP contribution is 2.45. The normalized spacial score (nSPS) is 18.1. The third kappa shape index (κ3) is 3.45. The summed E-state index contributed by atoms with van der Waals surface area (Å²) >= 11 is 0. The number of carbonyl (C=O) groups is 2. The molecule has 1 unspecified atom stereocenters. The number of hydrogen-bond donors (Lipinski definition) is 2. The van der Waals surface area contributed by atoms with Crippen molar-refractivity contribution in [2.45, 2.75) is 39.7 Å². The molecular formula is C12H19N3O2. The molecule has 1 aliphatic carbocycles. The Labute approximate surface area is 102 Å². The Morgan fingerprint density at radius 2 is 1.94 bits per heavy atom. The Kier molecular flexibility index (Phi) is 4.11. The van der Waals surface area contributed by atoms with Gasteiger partial charge in [0.05, 0.1) is 6.07 Å². The van der Waals surface area contributed by atoms with Gasteiger partial charge in [-0.05, 0) is 25.7 Å². The van der Waals surface area contributed by atoms with Crippen LogP contribution in [0.3, 0.4) is 0 Å². The van der Waals surface area contributed by atoms with Crippen molar-refractivity contribution in [3.8, 4) is 6.07 Å². The second-order valence-corrected chi connectivity index (χ2v) is 5.03. The molecule has 0 radical (unpaired) electrons. The van der Waals surface area contributed by atoms with Gasteiger partial charge in [0.1, 0.15) is 11.5 Å². The summed E-state index contributed by atoms with van der Waals surface area (Å²) in [6.07, 6.45) is 1.19. The molecule has 17 heavy (non-hydrogen) atoms. The maximum atomic E-state index is 11.7. The smallest absolute Gasteiger partial charge is 0.242 e. The number of nitrogens with one attached hydrogen (secondary N) is 2. The minimum absolute atomic E-state index is 0.208. The van der Waals surface area contributed by atoms with Gasteiger partial charge in [0.15, 0.2) is 0 Å². The van der Waals surface area contributed by atoms with E-state index in [2.05, 4.69) is 10.6 Å². The minimum atomic E-state index is -0.868. The molecule has 1 saturated carbocycles. The van der Waals surface area contributed by atoms with Gasteiger partial charge in [-0.2, -0.15) is 5.26 Å². The summed E-state index contributed by atoms with van der Waals surface area (Å²) in [6.45, 7) is 6.21. The average molecular weight is 237 g/mol. The molecule has 1 atom stereocenters. The van der Waals surface area contributed by atoms with E-state index in [4.69, 9.17) is 5.26 Å². The van der Waals surface area contributed by atoms with Gasteiger partial charge in [-0.3, -0.25) is 9.59 Å². The van der Waals surface area contributed by atoms with Crippen molar-refractivity contribution in [3.63, 3.8) is 0 Å². The molecule has 1 fully saturated rings. The zero-order chi connectivity index (χ0) is 13.1. The van der Waals surface area contributed by atoms with Crippen molar-refractivity contribution in [2.24, 2.45) is 11.3 Å². The van der Waals surface area contributed by atoms with Crippen LogP contribution in [0, 0.1) is 22.7 Å². The Balaban J connectivity index is 2.39. The van der Waals surface area contributed by atoms with Crippen LogP contribution in [-0.4, -0.2) is 24.4 Å². The molecule has 1 rings (SSSR count). The van der Waals surface area contributed by atoms with E-state index in [1.54, 1.807) is 6.92 Å². The second kappa shape index (κ2) is 5.17. The van der Waals surface area contributed by atoms with Gasteiger partial charge in [0, 0.05) is 6.54 Å². The van der Waals surface area contributed by atoms with Crippen LogP contribution >= 0.6 is 0 Å². The molecule has 1 aliphatic rings. The van der Waals surface area contributed by atoms with Gasteiger partial charge in [0.25, 0.3) is 0 Å². The fourth-order valence-corrected chi connectivity index (χ4v) is 1.37. The Bertz CT molecular complexity index is 353. The third-order valence-corrected chi connectivity index (χ3v) is 2.82. The molecule has 2 amide bonds. The highest BCUT2D eigenvalue weighted by Gasteiger charge is 2.51. The van der Waals surface area contributed by atoms with E-state index in [0.717, 1.165) is 0 Å². The van der Waals surface area contributed by atoms with Gasteiger partial charge >= 0.3 is 0 Å². The summed E-state index contributed by atoms with van der Waals surface area (Å²) in [7, 11) is 0. The predicted octanol–water partition coefficient (Wildman–Crippen LogP) is 0.567. The molecule has 2 N–H and O–H groups in total. The first-order valence-electron chi connectivity index (χ1n) is 5.91.